The fourth-order valence-corrected chi connectivity index (χ4v) is 5.44. The zero-order valence-electron chi connectivity index (χ0n) is 22.2. The molecule has 5 atom stereocenters. The second kappa shape index (κ2) is 12.9. The van der Waals surface area contributed by atoms with Crippen LogP contribution in [0, 0.1) is 5.41 Å². The lowest BCUT2D eigenvalue weighted by molar-refractivity contribution is -0.158. The summed E-state index contributed by atoms with van der Waals surface area (Å²) in [6.07, 6.45) is 5.61. The fraction of sp³-hybridized carbons (Fsp3) is 0.517. The van der Waals surface area contributed by atoms with Gasteiger partial charge in [-0.15, -0.1) is 0 Å². The molecule has 0 saturated carbocycles. The lowest BCUT2D eigenvalue weighted by atomic mass is 9.66. The molecule has 198 valence electrons. The minimum absolute atomic E-state index is 0.0329. The molecule has 0 bridgehead atoms. The number of nitrogens with one attached hydrogen (secondary N) is 1. The Hall–Kier alpha value is -2.08. The third kappa shape index (κ3) is 7.24. The van der Waals surface area contributed by atoms with Crippen molar-refractivity contribution in [1.82, 2.24) is 10.2 Å². The molecule has 1 aromatic carbocycles. The number of likely N-dealkylation sites (tertiary alicyclic amines) is 1. The van der Waals surface area contributed by atoms with Crippen LogP contribution >= 0.6 is 23.2 Å². The zero-order valence-corrected chi connectivity index (χ0v) is 23.7. The average Bonchev–Trinajstić information content (AvgIpc) is 2.79. The van der Waals surface area contributed by atoms with E-state index in [1.807, 2.05) is 65.0 Å². The number of amides is 2. The van der Waals surface area contributed by atoms with Crippen LogP contribution in [-0.4, -0.2) is 46.1 Å². The van der Waals surface area contributed by atoms with E-state index in [1.54, 1.807) is 24.0 Å². The predicted molar refractivity (Wildman–Crippen MR) is 149 cm³/mol. The Kier molecular flexibility index (Phi) is 10.8. The molecule has 1 heterocycles. The van der Waals surface area contributed by atoms with E-state index < -0.39 is 23.6 Å². The molecule has 7 heteroatoms. The summed E-state index contributed by atoms with van der Waals surface area (Å²) in [4.78, 5) is 28.9. The number of nitrogens with zero attached hydrogens (tertiary/aromatic N) is 1. The van der Waals surface area contributed by atoms with Gasteiger partial charge in [-0.1, -0.05) is 67.9 Å². The highest BCUT2D eigenvalue weighted by Gasteiger charge is 2.52. The first-order chi connectivity index (χ1) is 16.8. The van der Waals surface area contributed by atoms with Gasteiger partial charge in [0.05, 0.1) is 23.6 Å². The molecule has 0 radical (unpaired) electrons. The molecule has 1 saturated heterocycles. The second-order valence-electron chi connectivity index (χ2n) is 10.3. The van der Waals surface area contributed by atoms with Gasteiger partial charge < -0.3 is 15.3 Å². The van der Waals surface area contributed by atoms with Gasteiger partial charge in [-0.05, 0) is 69.9 Å². The van der Waals surface area contributed by atoms with Gasteiger partial charge in [0.1, 0.15) is 0 Å². The number of halogens is 2. The monoisotopic (exact) mass is 534 g/mol. The Bertz CT molecular complexity index is 1020. The molecule has 36 heavy (non-hydrogen) atoms. The van der Waals surface area contributed by atoms with Gasteiger partial charge in [0, 0.05) is 28.4 Å². The number of hydrogen-bond donors (Lipinski definition) is 2. The Morgan fingerprint density at radius 2 is 2.00 bits per heavy atom. The summed E-state index contributed by atoms with van der Waals surface area (Å²) in [6.45, 7) is 15.5. The van der Waals surface area contributed by atoms with E-state index in [0.717, 1.165) is 5.56 Å². The lowest BCUT2D eigenvalue weighted by Crippen LogP contribution is -2.62. The number of piperidine rings is 1. The molecule has 0 aromatic heterocycles. The topological polar surface area (TPSA) is 69.6 Å². The smallest absolute Gasteiger partial charge is 0.229 e. The van der Waals surface area contributed by atoms with E-state index >= 15 is 0 Å². The van der Waals surface area contributed by atoms with Gasteiger partial charge in [0.15, 0.2) is 0 Å². The van der Waals surface area contributed by atoms with Crippen molar-refractivity contribution in [3.05, 3.63) is 70.3 Å². The standard InChI is InChI=1S/C29H40Cl2N2O3/c1-8-22(30)14-13-19(5)27-24(21-11-10-12-23(31)15-21)16-29(7,17-26(35)32-18(3)4)28(36)33(27)25(9-2)20(6)34/h8,10-15,18,20,24-25,27,34H,5,9,16-17H2,1-4,6-7H3,(H,32,35)/b14-13-,22-8+/t20-,24+,25?,27+,29+/m0/s1. The molecule has 2 amide bonds. The summed E-state index contributed by atoms with van der Waals surface area (Å²) in [6, 6.07) is 6.65. The van der Waals surface area contributed by atoms with Crippen LogP contribution in [0.4, 0.5) is 0 Å². The number of allylic oxidation sites excluding steroid dienone is 3. The van der Waals surface area contributed by atoms with Crippen LogP contribution in [0.2, 0.25) is 5.02 Å². The summed E-state index contributed by atoms with van der Waals surface area (Å²) < 4.78 is 0. The Labute approximate surface area is 226 Å². The molecule has 0 aliphatic carbocycles. The first-order valence-electron chi connectivity index (χ1n) is 12.6. The highest BCUT2D eigenvalue weighted by atomic mass is 35.5. The lowest BCUT2D eigenvalue weighted by Gasteiger charge is -2.52. The Morgan fingerprint density at radius 1 is 1.33 bits per heavy atom. The van der Waals surface area contributed by atoms with Crippen LogP contribution in [-0.2, 0) is 9.59 Å². The summed E-state index contributed by atoms with van der Waals surface area (Å²) in [5, 5.41) is 14.8. The summed E-state index contributed by atoms with van der Waals surface area (Å²) in [7, 11) is 0. The van der Waals surface area contributed by atoms with Gasteiger partial charge >= 0.3 is 0 Å². The summed E-state index contributed by atoms with van der Waals surface area (Å²) in [5.74, 6) is -0.538. The van der Waals surface area contributed by atoms with E-state index in [4.69, 9.17) is 23.2 Å². The average molecular weight is 536 g/mol. The number of carbonyl (C=O) groups is 2. The molecular weight excluding hydrogens is 495 g/mol. The molecule has 1 unspecified atom stereocenters. The molecule has 1 aliphatic rings. The maximum atomic E-state index is 14.2. The molecular formula is C29H40Cl2N2O3. The SMILES string of the molecule is C=C(/C=C\C(Cl)=C/C)[C@@H]1[C@@H](c2cccc(Cl)c2)C[C@](C)(CC(=O)NC(C)C)C(=O)N1C(CC)[C@H](C)O. The highest BCUT2D eigenvalue weighted by molar-refractivity contribution is 6.31. The normalized spacial score (nSPS) is 24.8. The van der Waals surface area contributed by atoms with Crippen LogP contribution < -0.4 is 5.32 Å². The third-order valence-electron chi connectivity index (χ3n) is 6.82. The highest BCUT2D eigenvalue weighted by Crippen LogP contribution is 2.48. The van der Waals surface area contributed by atoms with Crippen molar-refractivity contribution >= 4 is 35.0 Å². The number of aliphatic hydroxyl groups excluding tert-OH is 1. The van der Waals surface area contributed by atoms with Crippen molar-refractivity contribution in [2.75, 3.05) is 0 Å². The van der Waals surface area contributed by atoms with E-state index in [1.165, 1.54) is 0 Å². The van der Waals surface area contributed by atoms with Crippen molar-refractivity contribution in [1.29, 1.82) is 0 Å². The van der Waals surface area contributed by atoms with Crippen molar-refractivity contribution in [3.8, 4) is 0 Å². The maximum Gasteiger partial charge on any atom is 0.229 e. The number of hydrogen-bond acceptors (Lipinski definition) is 3. The van der Waals surface area contributed by atoms with Crippen LogP contribution in [0.5, 0.6) is 0 Å². The molecule has 0 spiro atoms. The van der Waals surface area contributed by atoms with Gasteiger partial charge in [-0.2, -0.15) is 0 Å². The van der Waals surface area contributed by atoms with Crippen molar-refractivity contribution in [2.45, 2.75) is 91.0 Å². The molecule has 5 nitrogen and oxygen atoms in total. The summed E-state index contributed by atoms with van der Waals surface area (Å²) >= 11 is 12.6. The van der Waals surface area contributed by atoms with Gasteiger partial charge in [-0.3, -0.25) is 9.59 Å². The first kappa shape index (κ1) is 30.1. The largest absolute Gasteiger partial charge is 0.391 e. The van der Waals surface area contributed by atoms with Crippen LogP contribution in [0.3, 0.4) is 0 Å². The van der Waals surface area contributed by atoms with Crippen molar-refractivity contribution in [2.24, 2.45) is 5.41 Å². The number of benzene rings is 1. The predicted octanol–water partition coefficient (Wildman–Crippen LogP) is 6.36. The fourth-order valence-electron chi connectivity index (χ4n) is 5.17. The molecule has 1 aliphatic heterocycles. The number of aliphatic hydroxyl groups is 1. The van der Waals surface area contributed by atoms with Crippen molar-refractivity contribution < 1.29 is 14.7 Å². The second-order valence-corrected chi connectivity index (χ2v) is 11.2. The maximum absolute atomic E-state index is 14.2. The van der Waals surface area contributed by atoms with Gasteiger partial charge in [-0.25, -0.2) is 0 Å². The zero-order chi connectivity index (χ0) is 27.2. The Balaban J connectivity index is 2.71. The van der Waals surface area contributed by atoms with Gasteiger partial charge in [0.2, 0.25) is 11.8 Å². The van der Waals surface area contributed by atoms with E-state index in [-0.39, 0.29) is 30.2 Å². The van der Waals surface area contributed by atoms with Crippen molar-refractivity contribution in [3.63, 3.8) is 0 Å². The molecule has 2 rings (SSSR count). The molecule has 1 fully saturated rings. The third-order valence-corrected chi connectivity index (χ3v) is 7.40. The Morgan fingerprint density at radius 3 is 2.53 bits per heavy atom. The van der Waals surface area contributed by atoms with Crippen LogP contribution in [0.15, 0.2) is 59.7 Å². The minimum atomic E-state index is -0.976. The van der Waals surface area contributed by atoms with Gasteiger partial charge in [0.25, 0.3) is 0 Å². The molecule has 2 N–H and O–H groups in total. The minimum Gasteiger partial charge on any atom is -0.391 e. The van der Waals surface area contributed by atoms with E-state index in [9.17, 15) is 14.7 Å². The number of carbonyl (C=O) groups excluding carboxylic acids is 2. The summed E-state index contributed by atoms with van der Waals surface area (Å²) in [5.41, 5.74) is 0.671. The van der Waals surface area contributed by atoms with Crippen LogP contribution in [0.1, 0.15) is 72.3 Å². The van der Waals surface area contributed by atoms with E-state index in [0.29, 0.717) is 28.5 Å². The quantitative estimate of drug-likeness (QED) is 0.343. The van der Waals surface area contributed by atoms with E-state index in [2.05, 4.69) is 11.9 Å². The number of rotatable bonds is 10. The first-order valence-corrected chi connectivity index (χ1v) is 13.3. The molecule has 1 aromatic rings. The van der Waals surface area contributed by atoms with Crippen LogP contribution in [0.25, 0.3) is 0 Å².